The Hall–Kier alpha value is -0.810. The van der Waals surface area contributed by atoms with Gasteiger partial charge in [-0.2, -0.15) is 0 Å². The van der Waals surface area contributed by atoms with Crippen molar-refractivity contribution in [1.29, 1.82) is 0 Å². The lowest BCUT2D eigenvalue weighted by Gasteiger charge is -2.27. The number of carbonyl (C=O) groups excluding carboxylic acids is 1. The third-order valence-electron chi connectivity index (χ3n) is 3.10. The molecule has 0 aromatic heterocycles. The zero-order valence-corrected chi connectivity index (χ0v) is 12.1. The predicted octanol–water partition coefficient (Wildman–Crippen LogP) is 1.63. The minimum atomic E-state index is -0.156. The van der Waals surface area contributed by atoms with Crippen molar-refractivity contribution in [2.75, 3.05) is 39.3 Å². The van der Waals surface area contributed by atoms with E-state index >= 15 is 0 Å². The van der Waals surface area contributed by atoms with Crippen LogP contribution in [-0.4, -0.2) is 50.1 Å². The quantitative estimate of drug-likeness (QED) is 0.888. The molecule has 104 valence electrons. The van der Waals surface area contributed by atoms with E-state index in [-0.39, 0.29) is 5.91 Å². The molecule has 0 radical (unpaired) electrons. The Balaban J connectivity index is 1.80. The average Bonchev–Trinajstić information content (AvgIpc) is 2.39. The largest absolute Gasteiger partial charge is 0.351 e. The van der Waals surface area contributed by atoms with Crippen molar-refractivity contribution in [2.24, 2.45) is 0 Å². The van der Waals surface area contributed by atoms with E-state index in [1.165, 1.54) is 0 Å². The Morgan fingerprint density at radius 1 is 1.32 bits per heavy atom. The first-order valence-electron chi connectivity index (χ1n) is 6.33. The molecule has 0 atom stereocenters. The lowest BCUT2D eigenvalue weighted by molar-refractivity contribution is 0.0947. The number of hydrogen-bond donors (Lipinski definition) is 2. The Bertz CT molecular complexity index is 448. The van der Waals surface area contributed by atoms with Crippen molar-refractivity contribution in [1.82, 2.24) is 15.5 Å². The normalized spacial score (nSPS) is 16.3. The highest BCUT2D eigenvalue weighted by Gasteiger charge is 2.12. The molecule has 0 bridgehead atoms. The number of nitrogens with zero attached hydrogens (tertiary/aromatic N) is 1. The molecule has 2 N–H and O–H groups in total. The van der Waals surface area contributed by atoms with E-state index in [2.05, 4.69) is 15.5 Å². The molecule has 19 heavy (non-hydrogen) atoms. The maximum absolute atomic E-state index is 11.9. The van der Waals surface area contributed by atoms with E-state index in [9.17, 15) is 4.79 Å². The summed E-state index contributed by atoms with van der Waals surface area (Å²) in [6.07, 6.45) is 0. The van der Waals surface area contributed by atoms with Crippen molar-refractivity contribution in [3.8, 4) is 0 Å². The zero-order valence-electron chi connectivity index (χ0n) is 10.6. The highest BCUT2D eigenvalue weighted by atomic mass is 35.5. The first kappa shape index (κ1) is 14.6. The summed E-state index contributed by atoms with van der Waals surface area (Å²) in [5.74, 6) is -0.156. The average molecular weight is 302 g/mol. The fraction of sp³-hybridized carbons (Fsp3) is 0.462. The van der Waals surface area contributed by atoms with E-state index in [1.807, 2.05) is 0 Å². The van der Waals surface area contributed by atoms with Gasteiger partial charge < -0.3 is 10.6 Å². The molecule has 0 aliphatic carbocycles. The molecule has 2 rings (SSSR count). The highest BCUT2D eigenvalue weighted by Crippen LogP contribution is 2.20. The summed E-state index contributed by atoms with van der Waals surface area (Å²) in [5, 5.41) is 7.08. The molecule has 1 aromatic rings. The number of piperazine rings is 1. The van der Waals surface area contributed by atoms with Gasteiger partial charge in [0, 0.05) is 44.3 Å². The minimum Gasteiger partial charge on any atom is -0.351 e. The van der Waals surface area contributed by atoms with Crippen LogP contribution in [0.2, 0.25) is 10.0 Å². The molecule has 1 aromatic carbocycles. The van der Waals surface area contributed by atoms with Gasteiger partial charge in [0.15, 0.2) is 0 Å². The molecule has 1 amide bonds. The number of carbonyl (C=O) groups is 1. The van der Waals surface area contributed by atoms with Crippen LogP contribution in [-0.2, 0) is 0 Å². The first-order valence-corrected chi connectivity index (χ1v) is 7.09. The van der Waals surface area contributed by atoms with Gasteiger partial charge in [0.1, 0.15) is 0 Å². The second kappa shape index (κ2) is 7.10. The van der Waals surface area contributed by atoms with Crippen LogP contribution in [0.15, 0.2) is 18.2 Å². The third-order valence-corrected chi connectivity index (χ3v) is 3.65. The molecule has 1 saturated heterocycles. The molecule has 6 heteroatoms. The van der Waals surface area contributed by atoms with Crippen LogP contribution in [0.25, 0.3) is 0 Å². The predicted molar refractivity (Wildman–Crippen MR) is 78.1 cm³/mol. The second-order valence-corrected chi connectivity index (χ2v) is 5.32. The van der Waals surface area contributed by atoms with Gasteiger partial charge in [-0.05, 0) is 18.2 Å². The van der Waals surface area contributed by atoms with Gasteiger partial charge in [-0.1, -0.05) is 23.2 Å². The summed E-state index contributed by atoms with van der Waals surface area (Å²) in [4.78, 5) is 14.3. The maximum Gasteiger partial charge on any atom is 0.252 e. The highest BCUT2D eigenvalue weighted by molar-refractivity contribution is 6.36. The third kappa shape index (κ3) is 4.35. The molecule has 0 spiro atoms. The van der Waals surface area contributed by atoms with E-state index in [0.29, 0.717) is 22.2 Å². The Kier molecular flexibility index (Phi) is 5.45. The van der Waals surface area contributed by atoms with Crippen molar-refractivity contribution in [2.45, 2.75) is 0 Å². The molecule has 0 unspecified atom stereocenters. The summed E-state index contributed by atoms with van der Waals surface area (Å²) in [6.45, 7) is 5.56. The fourth-order valence-corrected chi connectivity index (χ4v) is 2.53. The number of hydrogen-bond acceptors (Lipinski definition) is 3. The molecule has 0 saturated carbocycles. The van der Waals surface area contributed by atoms with Crippen LogP contribution in [0.4, 0.5) is 0 Å². The number of rotatable bonds is 4. The van der Waals surface area contributed by atoms with Crippen LogP contribution in [0.3, 0.4) is 0 Å². The number of halogens is 2. The fourth-order valence-electron chi connectivity index (χ4n) is 2.03. The number of benzene rings is 1. The van der Waals surface area contributed by atoms with Gasteiger partial charge in [0.05, 0.1) is 10.6 Å². The smallest absolute Gasteiger partial charge is 0.252 e. The molecular formula is C13H17Cl2N3O. The monoisotopic (exact) mass is 301 g/mol. The summed E-state index contributed by atoms with van der Waals surface area (Å²) >= 11 is 11.8. The molecule has 1 aliphatic rings. The van der Waals surface area contributed by atoms with Crippen LogP contribution < -0.4 is 10.6 Å². The van der Waals surface area contributed by atoms with E-state index in [0.717, 1.165) is 32.7 Å². The summed E-state index contributed by atoms with van der Waals surface area (Å²) in [7, 11) is 0. The van der Waals surface area contributed by atoms with Crippen molar-refractivity contribution >= 4 is 29.1 Å². The molecule has 1 heterocycles. The van der Waals surface area contributed by atoms with E-state index in [1.54, 1.807) is 18.2 Å². The van der Waals surface area contributed by atoms with Gasteiger partial charge in [0.2, 0.25) is 0 Å². The topological polar surface area (TPSA) is 44.4 Å². The SMILES string of the molecule is O=C(NCCN1CCNCC1)c1ccc(Cl)cc1Cl. The molecular weight excluding hydrogens is 285 g/mol. The Labute approximate surface area is 123 Å². The summed E-state index contributed by atoms with van der Waals surface area (Å²) < 4.78 is 0. The van der Waals surface area contributed by atoms with Gasteiger partial charge >= 0.3 is 0 Å². The molecule has 1 fully saturated rings. The van der Waals surface area contributed by atoms with Crippen LogP contribution in [0, 0.1) is 0 Å². The molecule has 4 nitrogen and oxygen atoms in total. The molecule has 1 aliphatic heterocycles. The standard InChI is InChI=1S/C13H17Cl2N3O/c14-10-1-2-11(12(15)9-10)13(19)17-5-8-18-6-3-16-4-7-18/h1-2,9,16H,3-8H2,(H,17,19). The second-order valence-electron chi connectivity index (χ2n) is 4.47. The van der Waals surface area contributed by atoms with Gasteiger partial charge in [-0.25, -0.2) is 0 Å². The van der Waals surface area contributed by atoms with Crippen molar-refractivity contribution in [3.05, 3.63) is 33.8 Å². The minimum absolute atomic E-state index is 0.156. The van der Waals surface area contributed by atoms with E-state index < -0.39 is 0 Å². The lowest BCUT2D eigenvalue weighted by atomic mass is 10.2. The van der Waals surface area contributed by atoms with Crippen molar-refractivity contribution < 1.29 is 4.79 Å². The van der Waals surface area contributed by atoms with Crippen molar-refractivity contribution in [3.63, 3.8) is 0 Å². The Morgan fingerprint density at radius 3 is 2.74 bits per heavy atom. The maximum atomic E-state index is 11.9. The Morgan fingerprint density at radius 2 is 2.05 bits per heavy atom. The van der Waals surface area contributed by atoms with Gasteiger partial charge in [-0.3, -0.25) is 9.69 Å². The van der Waals surface area contributed by atoms with Crippen LogP contribution >= 0.6 is 23.2 Å². The number of amides is 1. The number of nitrogens with one attached hydrogen (secondary N) is 2. The lowest BCUT2D eigenvalue weighted by Crippen LogP contribution is -2.46. The van der Waals surface area contributed by atoms with Crippen LogP contribution in [0.1, 0.15) is 10.4 Å². The van der Waals surface area contributed by atoms with Gasteiger partial charge in [0.25, 0.3) is 5.91 Å². The zero-order chi connectivity index (χ0) is 13.7. The first-order chi connectivity index (χ1) is 9.16. The van der Waals surface area contributed by atoms with Gasteiger partial charge in [-0.15, -0.1) is 0 Å². The summed E-state index contributed by atoms with van der Waals surface area (Å²) in [6, 6.07) is 4.89. The van der Waals surface area contributed by atoms with E-state index in [4.69, 9.17) is 23.2 Å². The summed E-state index contributed by atoms with van der Waals surface area (Å²) in [5.41, 5.74) is 0.464. The van der Waals surface area contributed by atoms with Crippen LogP contribution in [0.5, 0.6) is 0 Å².